The Morgan fingerprint density at radius 2 is 2.00 bits per heavy atom. The van der Waals surface area contributed by atoms with Gasteiger partial charge in [-0.05, 0) is 6.92 Å². The molecule has 0 fully saturated rings. The molecule has 2 amide bonds. The minimum Gasteiger partial charge on any atom is -0.466 e. The van der Waals surface area contributed by atoms with Gasteiger partial charge in [0.2, 0.25) is 0 Å². The van der Waals surface area contributed by atoms with E-state index in [0.29, 0.717) is 13.2 Å². The molecule has 0 bridgehead atoms. The topological polar surface area (TPSA) is 58.6 Å². The molecule has 0 aliphatic carbocycles. The van der Waals surface area contributed by atoms with E-state index in [1.54, 1.807) is 21.0 Å². The standard InChI is InChI=1S/C8H16N2O3/c1-4-13-7(11)5-6-9-8(12)10(2)3/h4-6H2,1-3H3,(H,9,12). The van der Waals surface area contributed by atoms with Crippen molar-refractivity contribution < 1.29 is 14.3 Å². The number of hydrogen-bond acceptors (Lipinski definition) is 3. The normalized spacial score (nSPS) is 9.15. The summed E-state index contributed by atoms with van der Waals surface area (Å²) in [6.07, 6.45) is 0.216. The Kier molecular flexibility index (Phi) is 5.67. The monoisotopic (exact) mass is 188 g/mol. The number of carbonyl (C=O) groups is 2. The van der Waals surface area contributed by atoms with Crippen LogP contribution in [0.15, 0.2) is 0 Å². The summed E-state index contributed by atoms with van der Waals surface area (Å²) in [6, 6.07) is -0.204. The summed E-state index contributed by atoms with van der Waals surface area (Å²) >= 11 is 0. The minimum absolute atomic E-state index is 0.204. The molecule has 1 N–H and O–H groups in total. The third-order valence-corrected chi connectivity index (χ3v) is 1.32. The Labute approximate surface area is 78.0 Å². The van der Waals surface area contributed by atoms with Gasteiger partial charge in [-0.2, -0.15) is 0 Å². The lowest BCUT2D eigenvalue weighted by Crippen LogP contribution is -2.35. The van der Waals surface area contributed by atoms with E-state index in [-0.39, 0.29) is 18.4 Å². The van der Waals surface area contributed by atoms with E-state index in [1.807, 2.05) is 0 Å². The predicted octanol–water partition coefficient (Wildman–Crippen LogP) is 0.211. The van der Waals surface area contributed by atoms with Gasteiger partial charge in [0.05, 0.1) is 13.0 Å². The molecule has 0 aliphatic heterocycles. The molecule has 0 spiro atoms. The Hall–Kier alpha value is -1.26. The van der Waals surface area contributed by atoms with Gasteiger partial charge in [-0.1, -0.05) is 0 Å². The molecule has 0 rings (SSSR count). The lowest BCUT2D eigenvalue weighted by atomic mass is 10.4. The Balaban J connectivity index is 3.45. The number of esters is 1. The van der Waals surface area contributed by atoms with Crippen LogP contribution in [-0.4, -0.2) is 44.1 Å². The number of carbonyl (C=O) groups excluding carboxylic acids is 2. The fourth-order valence-electron chi connectivity index (χ4n) is 0.663. The molecule has 0 saturated heterocycles. The van der Waals surface area contributed by atoms with Crippen LogP contribution in [0.3, 0.4) is 0 Å². The van der Waals surface area contributed by atoms with Crippen molar-refractivity contribution in [1.82, 2.24) is 10.2 Å². The lowest BCUT2D eigenvalue weighted by Gasteiger charge is -2.11. The highest BCUT2D eigenvalue weighted by Crippen LogP contribution is 1.85. The third kappa shape index (κ3) is 5.95. The SMILES string of the molecule is CCOC(=O)CCNC(=O)N(C)C. The van der Waals surface area contributed by atoms with Gasteiger partial charge in [0.1, 0.15) is 0 Å². The van der Waals surface area contributed by atoms with E-state index >= 15 is 0 Å². The van der Waals surface area contributed by atoms with Crippen molar-refractivity contribution in [2.24, 2.45) is 0 Å². The highest BCUT2D eigenvalue weighted by Gasteiger charge is 2.04. The molecule has 5 heteroatoms. The maximum Gasteiger partial charge on any atom is 0.316 e. The van der Waals surface area contributed by atoms with Gasteiger partial charge >= 0.3 is 12.0 Å². The molecule has 0 radical (unpaired) electrons. The van der Waals surface area contributed by atoms with Gasteiger partial charge in [0, 0.05) is 20.6 Å². The molecule has 13 heavy (non-hydrogen) atoms. The molecular weight excluding hydrogens is 172 g/mol. The van der Waals surface area contributed by atoms with Crippen LogP contribution < -0.4 is 5.32 Å². The molecule has 5 nitrogen and oxygen atoms in total. The van der Waals surface area contributed by atoms with Gasteiger partial charge in [-0.3, -0.25) is 4.79 Å². The molecular formula is C8H16N2O3. The maximum atomic E-state index is 10.9. The van der Waals surface area contributed by atoms with E-state index < -0.39 is 0 Å². The number of ether oxygens (including phenoxy) is 1. The molecule has 0 aromatic carbocycles. The van der Waals surface area contributed by atoms with Crippen LogP contribution in [0.25, 0.3) is 0 Å². The molecule has 0 unspecified atom stereocenters. The third-order valence-electron chi connectivity index (χ3n) is 1.32. The smallest absolute Gasteiger partial charge is 0.316 e. The van der Waals surface area contributed by atoms with Crippen LogP contribution in [0, 0.1) is 0 Å². The van der Waals surface area contributed by atoms with Crippen LogP contribution in [0.5, 0.6) is 0 Å². The van der Waals surface area contributed by atoms with Crippen LogP contribution in [-0.2, 0) is 9.53 Å². The van der Waals surface area contributed by atoms with Gasteiger partial charge < -0.3 is 15.0 Å². The average Bonchev–Trinajstić information content (AvgIpc) is 2.04. The lowest BCUT2D eigenvalue weighted by molar-refractivity contribution is -0.142. The van der Waals surface area contributed by atoms with Crippen molar-refractivity contribution in [2.45, 2.75) is 13.3 Å². The molecule has 0 aromatic heterocycles. The molecule has 0 atom stereocenters. The summed E-state index contributed by atoms with van der Waals surface area (Å²) in [4.78, 5) is 23.2. The summed E-state index contributed by atoms with van der Waals surface area (Å²) in [5, 5.41) is 2.56. The quantitative estimate of drug-likeness (QED) is 0.642. The summed E-state index contributed by atoms with van der Waals surface area (Å²) in [7, 11) is 3.28. The van der Waals surface area contributed by atoms with Crippen molar-refractivity contribution in [3.05, 3.63) is 0 Å². The minimum atomic E-state index is -0.290. The Morgan fingerprint density at radius 3 is 2.46 bits per heavy atom. The fraction of sp³-hybridized carbons (Fsp3) is 0.750. The van der Waals surface area contributed by atoms with Gasteiger partial charge in [0.15, 0.2) is 0 Å². The number of amides is 2. The van der Waals surface area contributed by atoms with E-state index in [4.69, 9.17) is 0 Å². The Bertz CT molecular complexity index is 180. The van der Waals surface area contributed by atoms with Crippen molar-refractivity contribution >= 4 is 12.0 Å². The summed E-state index contributed by atoms with van der Waals surface area (Å²) in [6.45, 7) is 2.44. The average molecular weight is 188 g/mol. The summed E-state index contributed by atoms with van der Waals surface area (Å²) in [5.41, 5.74) is 0. The Morgan fingerprint density at radius 1 is 1.38 bits per heavy atom. The van der Waals surface area contributed by atoms with Gasteiger partial charge in [-0.25, -0.2) is 4.79 Å². The number of hydrogen-bond donors (Lipinski definition) is 1. The number of urea groups is 1. The molecule has 0 aromatic rings. The second-order valence-electron chi connectivity index (χ2n) is 2.68. The van der Waals surface area contributed by atoms with Crippen molar-refractivity contribution in [3.63, 3.8) is 0 Å². The molecule has 76 valence electrons. The number of nitrogens with zero attached hydrogens (tertiary/aromatic N) is 1. The predicted molar refractivity (Wildman–Crippen MR) is 48.3 cm³/mol. The van der Waals surface area contributed by atoms with E-state index in [9.17, 15) is 9.59 Å². The zero-order valence-electron chi connectivity index (χ0n) is 8.29. The zero-order chi connectivity index (χ0) is 10.3. The first kappa shape index (κ1) is 11.7. The van der Waals surface area contributed by atoms with Crippen molar-refractivity contribution in [1.29, 1.82) is 0 Å². The van der Waals surface area contributed by atoms with Crippen molar-refractivity contribution in [2.75, 3.05) is 27.2 Å². The zero-order valence-corrected chi connectivity index (χ0v) is 8.29. The molecule has 0 saturated carbocycles. The fourth-order valence-corrected chi connectivity index (χ4v) is 0.663. The van der Waals surface area contributed by atoms with Gasteiger partial charge in [-0.15, -0.1) is 0 Å². The maximum absolute atomic E-state index is 10.9. The first-order valence-corrected chi connectivity index (χ1v) is 4.18. The number of rotatable bonds is 4. The van der Waals surface area contributed by atoms with E-state index in [0.717, 1.165) is 0 Å². The highest BCUT2D eigenvalue weighted by molar-refractivity contribution is 5.75. The van der Waals surface area contributed by atoms with Crippen LogP contribution >= 0.6 is 0 Å². The second kappa shape index (κ2) is 6.28. The largest absolute Gasteiger partial charge is 0.466 e. The highest BCUT2D eigenvalue weighted by atomic mass is 16.5. The first-order valence-electron chi connectivity index (χ1n) is 4.18. The second-order valence-corrected chi connectivity index (χ2v) is 2.68. The summed E-state index contributed by atoms with van der Waals surface area (Å²) < 4.78 is 4.68. The van der Waals surface area contributed by atoms with Gasteiger partial charge in [0.25, 0.3) is 0 Å². The molecule has 0 aliphatic rings. The van der Waals surface area contributed by atoms with Crippen LogP contribution in [0.4, 0.5) is 4.79 Å². The van der Waals surface area contributed by atoms with Crippen LogP contribution in [0.2, 0.25) is 0 Å². The molecule has 0 heterocycles. The van der Waals surface area contributed by atoms with E-state index in [1.165, 1.54) is 4.90 Å². The first-order chi connectivity index (χ1) is 6.07. The summed E-state index contributed by atoms with van der Waals surface area (Å²) in [5.74, 6) is -0.290. The number of nitrogens with one attached hydrogen (secondary N) is 1. The van der Waals surface area contributed by atoms with Crippen LogP contribution in [0.1, 0.15) is 13.3 Å². The van der Waals surface area contributed by atoms with E-state index in [2.05, 4.69) is 10.1 Å². The van der Waals surface area contributed by atoms with Crippen molar-refractivity contribution in [3.8, 4) is 0 Å².